The Labute approximate surface area is 118 Å². The largest absolute Gasteiger partial charge is 0.337 e. The van der Waals surface area contributed by atoms with E-state index in [-0.39, 0.29) is 0 Å². The summed E-state index contributed by atoms with van der Waals surface area (Å²) in [7, 11) is 0. The smallest absolute Gasteiger partial charge is 0.240 e. The van der Waals surface area contributed by atoms with Crippen molar-refractivity contribution in [3.8, 4) is 11.5 Å². The molecule has 0 atom stereocenters. The highest BCUT2D eigenvalue weighted by Crippen LogP contribution is 2.20. The zero-order valence-corrected chi connectivity index (χ0v) is 12.0. The van der Waals surface area contributed by atoms with E-state index in [1.165, 1.54) is 25.7 Å². The number of aryl methyl sites for hydroxylation is 2. The topological polar surface area (TPSA) is 63.8 Å². The van der Waals surface area contributed by atoms with Gasteiger partial charge in [0.15, 0.2) is 0 Å². The Morgan fingerprint density at radius 3 is 2.85 bits per heavy atom. The van der Waals surface area contributed by atoms with E-state index in [4.69, 9.17) is 4.52 Å². The summed E-state index contributed by atoms with van der Waals surface area (Å²) in [5, 5.41) is 7.50. The fourth-order valence-corrected chi connectivity index (χ4v) is 2.73. The Balaban J connectivity index is 1.69. The third kappa shape index (κ3) is 2.88. The highest BCUT2D eigenvalue weighted by Gasteiger charge is 2.16. The molecule has 1 aliphatic rings. The molecule has 106 valence electrons. The van der Waals surface area contributed by atoms with Crippen LogP contribution in [0.3, 0.4) is 0 Å². The number of hydrogen-bond acceptors (Lipinski definition) is 5. The standard InChI is InChI=1S/C15H20N4O/c1-10-7-11(2)14(17-8-10)15-18-13(20-19-15)9-16-12-5-3-4-6-12/h7-8,12,16H,3-6,9H2,1-2H3. The van der Waals surface area contributed by atoms with Crippen LogP contribution in [0.5, 0.6) is 0 Å². The number of aromatic nitrogens is 3. The molecule has 20 heavy (non-hydrogen) atoms. The van der Waals surface area contributed by atoms with Crippen molar-refractivity contribution in [2.24, 2.45) is 0 Å². The molecule has 0 amide bonds. The molecule has 0 aromatic carbocycles. The number of hydrogen-bond donors (Lipinski definition) is 1. The molecule has 5 heteroatoms. The molecular weight excluding hydrogens is 252 g/mol. The van der Waals surface area contributed by atoms with E-state index < -0.39 is 0 Å². The summed E-state index contributed by atoms with van der Waals surface area (Å²) in [6.45, 7) is 4.68. The van der Waals surface area contributed by atoms with Gasteiger partial charge < -0.3 is 9.84 Å². The van der Waals surface area contributed by atoms with Crippen LogP contribution in [0.1, 0.15) is 42.7 Å². The predicted molar refractivity (Wildman–Crippen MR) is 76.1 cm³/mol. The normalized spacial score (nSPS) is 15.9. The van der Waals surface area contributed by atoms with Gasteiger partial charge in [0, 0.05) is 12.2 Å². The van der Waals surface area contributed by atoms with E-state index in [2.05, 4.69) is 26.5 Å². The number of nitrogens with zero attached hydrogens (tertiary/aromatic N) is 3. The number of pyridine rings is 1. The van der Waals surface area contributed by atoms with E-state index in [0.29, 0.717) is 24.3 Å². The summed E-state index contributed by atoms with van der Waals surface area (Å²) in [6.07, 6.45) is 6.97. The first-order chi connectivity index (χ1) is 9.72. The van der Waals surface area contributed by atoms with Crippen LogP contribution in [-0.4, -0.2) is 21.2 Å². The van der Waals surface area contributed by atoms with Gasteiger partial charge in [0.1, 0.15) is 5.69 Å². The second-order valence-corrected chi connectivity index (χ2v) is 5.55. The van der Waals surface area contributed by atoms with E-state index in [1.807, 2.05) is 20.0 Å². The molecule has 0 radical (unpaired) electrons. The first kappa shape index (κ1) is 13.2. The second kappa shape index (κ2) is 5.71. The lowest BCUT2D eigenvalue weighted by molar-refractivity contribution is 0.357. The zero-order valence-electron chi connectivity index (χ0n) is 12.0. The molecule has 0 saturated heterocycles. The maximum atomic E-state index is 5.30. The lowest BCUT2D eigenvalue weighted by Gasteiger charge is -2.08. The summed E-state index contributed by atoms with van der Waals surface area (Å²) in [5.74, 6) is 1.21. The van der Waals surface area contributed by atoms with Crippen molar-refractivity contribution >= 4 is 0 Å². The number of rotatable bonds is 4. The van der Waals surface area contributed by atoms with Crippen molar-refractivity contribution in [2.75, 3.05) is 0 Å². The monoisotopic (exact) mass is 272 g/mol. The molecule has 0 spiro atoms. The summed E-state index contributed by atoms with van der Waals surface area (Å²) in [4.78, 5) is 8.82. The van der Waals surface area contributed by atoms with Crippen molar-refractivity contribution < 1.29 is 4.52 Å². The van der Waals surface area contributed by atoms with Crippen LogP contribution in [0, 0.1) is 13.8 Å². The fourth-order valence-electron chi connectivity index (χ4n) is 2.73. The van der Waals surface area contributed by atoms with Crippen LogP contribution >= 0.6 is 0 Å². The first-order valence-electron chi connectivity index (χ1n) is 7.22. The Bertz CT molecular complexity index is 587. The van der Waals surface area contributed by atoms with Crippen molar-refractivity contribution in [2.45, 2.75) is 52.1 Å². The second-order valence-electron chi connectivity index (χ2n) is 5.55. The molecule has 0 aliphatic heterocycles. The summed E-state index contributed by atoms with van der Waals surface area (Å²) in [5.41, 5.74) is 3.01. The quantitative estimate of drug-likeness (QED) is 0.927. The highest BCUT2D eigenvalue weighted by molar-refractivity contribution is 5.53. The lowest BCUT2D eigenvalue weighted by Crippen LogP contribution is -2.25. The van der Waals surface area contributed by atoms with Crippen molar-refractivity contribution in [1.82, 2.24) is 20.4 Å². The van der Waals surface area contributed by atoms with E-state index in [9.17, 15) is 0 Å². The zero-order chi connectivity index (χ0) is 13.9. The Morgan fingerprint density at radius 1 is 1.30 bits per heavy atom. The molecular formula is C15H20N4O. The van der Waals surface area contributed by atoms with Crippen LogP contribution < -0.4 is 5.32 Å². The van der Waals surface area contributed by atoms with Crippen molar-refractivity contribution in [1.29, 1.82) is 0 Å². The molecule has 3 rings (SSSR count). The van der Waals surface area contributed by atoms with Gasteiger partial charge in [-0.05, 0) is 37.8 Å². The summed E-state index contributed by atoms with van der Waals surface area (Å²) >= 11 is 0. The van der Waals surface area contributed by atoms with Crippen LogP contribution in [0.2, 0.25) is 0 Å². The lowest BCUT2D eigenvalue weighted by atomic mass is 10.1. The minimum atomic E-state index is 0.575. The minimum Gasteiger partial charge on any atom is -0.337 e. The Hall–Kier alpha value is -1.75. The molecule has 2 heterocycles. The van der Waals surface area contributed by atoms with E-state index >= 15 is 0 Å². The van der Waals surface area contributed by atoms with E-state index in [0.717, 1.165) is 16.8 Å². The third-order valence-corrected chi connectivity index (χ3v) is 3.79. The molecule has 2 aromatic rings. The van der Waals surface area contributed by atoms with Gasteiger partial charge in [0.25, 0.3) is 0 Å². The third-order valence-electron chi connectivity index (χ3n) is 3.79. The number of nitrogens with one attached hydrogen (secondary N) is 1. The molecule has 1 fully saturated rings. The Morgan fingerprint density at radius 2 is 2.10 bits per heavy atom. The van der Waals surface area contributed by atoms with Crippen molar-refractivity contribution in [3.63, 3.8) is 0 Å². The molecule has 0 unspecified atom stereocenters. The van der Waals surface area contributed by atoms with Gasteiger partial charge >= 0.3 is 0 Å². The Kier molecular flexibility index (Phi) is 3.78. The minimum absolute atomic E-state index is 0.575. The van der Waals surface area contributed by atoms with E-state index in [1.54, 1.807) is 0 Å². The van der Waals surface area contributed by atoms with Gasteiger partial charge in [0.2, 0.25) is 11.7 Å². The SMILES string of the molecule is Cc1cnc(-c2noc(CNC3CCCC3)n2)c(C)c1. The highest BCUT2D eigenvalue weighted by atomic mass is 16.5. The average Bonchev–Trinajstić information content (AvgIpc) is 3.07. The van der Waals surface area contributed by atoms with Gasteiger partial charge in [-0.25, -0.2) is 0 Å². The summed E-state index contributed by atoms with van der Waals surface area (Å²) < 4.78 is 5.30. The van der Waals surface area contributed by atoms with Gasteiger partial charge in [0.05, 0.1) is 6.54 Å². The predicted octanol–water partition coefficient (Wildman–Crippen LogP) is 2.78. The summed E-state index contributed by atoms with van der Waals surface area (Å²) in [6, 6.07) is 2.68. The average molecular weight is 272 g/mol. The van der Waals surface area contributed by atoms with Crippen LogP contribution in [0.4, 0.5) is 0 Å². The van der Waals surface area contributed by atoms with Crippen LogP contribution in [0.15, 0.2) is 16.8 Å². The van der Waals surface area contributed by atoms with Gasteiger partial charge in [-0.2, -0.15) is 4.98 Å². The maximum Gasteiger partial charge on any atom is 0.240 e. The van der Waals surface area contributed by atoms with Crippen molar-refractivity contribution in [3.05, 3.63) is 29.3 Å². The molecule has 1 saturated carbocycles. The van der Waals surface area contributed by atoms with Crippen LogP contribution in [0.25, 0.3) is 11.5 Å². The molecule has 1 aliphatic carbocycles. The van der Waals surface area contributed by atoms with Gasteiger partial charge in [-0.3, -0.25) is 4.98 Å². The van der Waals surface area contributed by atoms with Gasteiger partial charge in [-0.1, -0.05) is 24.1 Å². The molecule has 0 bridgehead atoms. The molecule has 1 N–H and O–H groups in total. The first-order valence-corrected chi connectivity index (χ1v) is 7.22. The molecule has 2 aromatic heterocycles. The fraction of sp³-hybridized carbons (Fsp3) is 0.533. The van der Waals surface area contributed by atoms with Gasteiger partial charge in [-0.15, -0.1) is 0 Å². The van der Waals surface area contributed by atoms with Crippen LogP contribution in [-0.2, 0) is 6.54 Å². The maximum absolute atomic E-state index is 5.30. The molecule has 5 nitrogen and oxygen atoms in total.